The third-order valence-corrected chi connectivity index (χ3v) is 6.29. The summed E-state index contributed by atoms with van der Waals surface area (Å²) in [6.07, 6.45) is 4.98. The summed E-state index contributed by atoms with van der Waals surface area (Å²) in [7, 11) is 2.21. The van der Waals surface area contributed by atoms with Crippen molar-refractivity contribution in [3.8, 4) is 0 Å². The average molecular weight is 543 g/mol. The van der Waals surface area contributed by atoms with E-state index in [1.807, 2.05) is 0 Å². The molecule has 3 rings (SSSR count). The number of guanidine groups is 1. The van der Waals surface area contributed by atoms with Crippen LogP contribution >= 0.6 is 24.0 Å². The lowest BCUT2D eigenvalue weighted by atomic mass is 10.1. The molecule has 2 aliphatic rings. The fourth-order valence-corrected chi connectivity index (χ4v) is 4.28. The SMILES string of the molecule is CCNC(=NCCCCN1CCN(C)CC1)NC(C)c1cccc(N2CCCC2)c1.I. The minimum absolute atomic E-state index is 0. The van der Waals surface area contributed by atoms with Crippen molar-refractivity contribution in [2.75, 3.05) is 70.9 Å². The number of piperazine rings is 1. The van der Waals surface area contributed by atoms with Crippen LogP contribution in [0, 0.1) is 0 Å². The van der Waals surface area contributed by atoms with E-state index in [9.17, 15) is 0 Å². The van der Waals surface area contributed by atoms with Gasteiger partial charge in [-0.15, -0.1) is 24.0 Å². The third kappa shape index (κ3) is 8.77. The molecule has 0 radical (unpaired) electrons. The van der Waals surface area contributed by atoms with Crippen molar-refractivity contribution >= 4 is 35.6 Å². The van der Waals surface area contributed by atoms with Gasteiger partial charge in [-0.1, -0.05) is 12.1 Å². The molecular formula is C24H43IN6. The first kappa shape index (κ1) is 26.2. The molecule has 0 amide bonds. The second kappa shape index (κ2) is 14.2. The number of rotatable bonds is 9. The Kier molecular flexibility index (Phi) is 12.0. The number of halogens is 1. The lowest BCUT2D eigenvalue weighted by Gasteiger charge is -2.32. The largest absolute Gasteiger partial charge is 0.372 e. The normalized spacial score (nSPS) is 19.2. The van der Waals surface area contributed by atoms with Crippen molar-refractivity contribution in [2.45, 2.75) is 45.6 Å². The smallest absolute Gasteiger partial charge is 0.191 e. The molecule has 2 saturated heterocycles. The topological polar surface area (TPSA) is 46.1 Å². The van der Waals surface area contributed by atoms with Crippen LogP contribution in [-0.4, -0.2) is 81.7 Å². The zero-order valence-electron chi connectivity index (χ0n) is 19.8. The maximum absolute atomic E-state index is 4.83. The zero-order chi connectivity index (χ0) is 21.2. The van der Waals surface area contributed by atoms with E-state index >= 15 is 0 Å². The first-order valence-corrected chi connectivity index (χ1v) is 12.0. The Morgan fingerprint density at radius 2 is 1.81 bits per heavy atom. The Bertz CT molecular complexity index is 653. The molecule has 0 aliphatic carbocycles. The van der Waals surface area contributed by atoms with Crippen LogP contribution < -0.4 is 15.5 Å². The summed E-state index contributed by atoms with van der Waals surface area (Å²) >= 11 is 0. The van der Waals surface area contributed by atoms with Gasteiger partial charge in [-0.2, -0.15) is 0 Å². The van der Waals surface area contributed by atoms with Crippen molar-refractivity contribution in [1.29, 1.82) is 0 Å². The molecule has 2 fully saturated rings. The van der Waals surface area contributed by atoms with E-state index in [0.29, 0.717) is 0 Å². The second-order valence-electron chi connectivity index (χ2n) is 8.77. The van der Waals surface area contributed by atoms with E-state index in [1.54, 1.807) is 0 Å². The first-order chi connectivity index (χ1) is 14.7. The van der Waals surface area contributed by atoms with Gasteiger partial charge in [0.1, 0.15) is 0 Å². The molecule has 0 bridgehead atoms. The molecule has 0 saturated carbocycles. The van der Waals surface area contributed by atoms with Crippen molar-refractivity contribution in [1.82, 2.24) is 20.4 Å². The van der Waals surface area contributed by atoms with Gasteiger partial charge >= 0.3 is 0 Å². The molecule has 31 heavy (non-hydrogen) atoms. The molecule has 6 nitrogen and oxygen atoms in total. The van der Waals surface area contributed by atoms with E-state index in [2.05, 4.69) is 70.5 Å². The number of unbranched alkanes of at least 4 members (excludes halogenated alkanes) is 1. The van der Waals surface area contributed by atoms with Crippen molar-refractivity contribution in [2.24, 2.45) is 4.99 Å². The van der Waals surface area contributed by atoms with E-state index in [1.165, 1.54) is 76.3 Å². The van der Waals surface area contributed by atoms with Crippen molar-refractivity contribution < 1.29 is 0 Å². The molecular weight excluding hydrogens is 499 g/mol. The van der Waals surface area contributed by atoms with E-state index in [4.69, 9.17) is 4.99 Å². The monoisotopic (exact) mass is 542 g/mol. The minimum Gasteiger partial charge on any atom is -0.372 e. The molecule has 1 unspecified atom stereocenters. The minimum atomic E-state index is 0. The average Bonchev–Trinajstić information content (AvgIpc) is 3.30. The summed E-state index contributed by atoms with van der Waals surface area (Å²) in [5.74, 6) is 0.927. The molecule has 1 atom stereocenters. The molecule has 2 heterocycles. The van der Waals surface area contributed by atoms with Crippen LogP contribution in [-0.2, 0) is 0 Å². The zero-order valence-corrected chi connectivity index (χ0v) is 22.1. The predicted molar refractivity (Wildman–Crippen MR) is 144 cm³/mol. The molecule has 2 N–H and O–H groups in total. The van der Waals surface area contributed by atoms with Crippen LogP contribution in [0.5, 0.6) is 0 Å². The molecule has 1 aromatic carbocycles. The number of anilines is 1. The highest BCUT2D eigenvalue weighted by atomic mass is 127. The summed E-state index contributed by atoms with van der Waals surface area (Å²) in [4.78, 5) is 12.3. The highest BCUT2D eigenvalue weighted by Crippen LogP contribution is 2.23. The number of nitrogens with zero attached hydrogens (tertiary/aromatic N) is 4. The molecule has 7 heteroatoms. The Labute approximate surface area is 206 Å². The number of nitrogens with one attached hydrogen (secondary N) is 2. The quantitative estimate of drug-likeness (QED) is 0.216. The third-order valence-electron chi connectivity index (χ3n) is 6.29. The fraction of sp³-hybridized carbons (Fsp3) is 0.708. The summed E-state index contributed by atoms with van der Waals surface area (Å²) in [6, 6.07) is 9.21. The molecule has 2 aliphatic heterocycles. The molecule has 176 valence electrons. The van der Waals surface area contributed by atoms with Crippen LogP contribution in [0.3, 0.4) is 0 Å². The summed E-state index contributed by atoms with van der Waals surface area (Å²) in [5.41, 5.74) is 2.67. The Balaban J connectivity index is 0.00000341. The summed E-state index contributed by atoms with van der Waals surface area (Å²) in [6.45, 7) is 14.5. The van der Waals surface area contributed by atoms with Gasteiger partial charge in [-0.3, -0.25) is 4.99 Å². The van der Waals surface area contributed by atoms with Gasteiger partial charge in [0.05, 0.1) is 6.04 Å². The lowest BCUT2D eigenvalue weighted by Crippen LogP contribution is -2.44. The summed E-state index contributed by atoms with van der Waals surface area (Å²) < 4.78 is 0. The van der Waals surface area contributed by atoms with E-state index < -0.39 is 0 Å². The number of likely N-dealkylation sites (N-methyl/N-ethyl adjacent to an activating group) is 1. The van der Waals surface area contributed by atoms with Crippen LogP contribution in [0.4, 0.5) is 5.69 Å². The second-order valence-corrected chi connectivity index (χ2v) is 8.77. The van der Waals surface area contributed by atoms with Crippen molar-refractivity contribution in [3.05, 3.63) is 29.8 Å². The van der Waals surface area contributed by atoms with Crippen LogP contribution in [0.25, 0.3) is 0 Å². The Morgan fingerprint density at radius 1 is 1.06 bits per heavy atom. The maximum atomic E-state index is 4.83. The van der Waals surface area contributed by atoms with Gasteiger partial charge < -0.3 is 25.3 Å². The van der Waals surface area contributed by atoms with Gasteiger partial charge in [-0.25, -0.2) is 0 Å². The van der Waals surface area contributed by atoms with Crippen LogP contribution in [0.1, 0.15) is 51.1 Å². The highest BCUT2D eigenvalue weighted by Gasteiger charge is 2.15. The Morgan fingerprint density at radius 3 is 2.52 bits per heavy atom. The van der Waals surface area contributed by atoms with Crippen molar-refractivity contribution in [3.63, 3.8) is 0 Å². The summed E-state index contributed by atoms with van der Waals surface area (Å²) in [5, 5.41) is 7.01. The highest BCUT2D eigenvalue weighted by molar-refractivity contribution is 14.0. The fourth-order valence-electron chi connectivity index (χ4n) is 4.28. The number of hydrogen-bond donors (Lipinski definition) is 2. The van der Waals surface area contributed by atoms with E-state index in [0.717, 1.165) is 25.5 Å². The van der Waals surface area contributed by atoms with Crippen LogP contribution in [0.2, 0.25) is 0 Å². The number of benzene rings is 1. The van der Waals surface area contributed by atoms with E-state index in [-0.39, 0.29) is 30.0 Å². The number of aliphatic imine (C=N–C) groups is 1. The molecule has 1 aromatic rings. The van der Waals surface area contributed by atoms with Gasteiger partial charge in [0.25, 0.3) is 0 Å². The van der Waals surface area contributed by atoms with Crippen LogP contribution in [0.15, 0.2) is 29.3 Å². The van der Waals surface area contributed by atoms with Gasteiger partial charge in [-0.05, 0) is 70.8 Å². The van der Waals surface area contributed by atoms with Gasteiger partial charge in [0.15, 0.2) is 5.96 Å². The lowest BCUT2D eigenvalue weighted by molar-refractivity contribution is 0.152. The Hall–Kier alpha value is -1.06. The number of hydrogen-bond acceptors (Lipinski definition) is 4. The molecule has 0 aromatic heterocycles. The molecule has 0 spiro atoms. The predicted octanol–water partition coefficient (Wildman–Crippen LogP) is 3.55. The standard InChI is InChI=1S/C24H42N6.HI/c1-4-25-24(26-12-5-6-13-29-18-16-28(3)17-19-29)27-21(2)22-10-9-11-23(20-22)30-14-7-8-15-30;/h9-11,20-21H,4-8,12-19H2,1-3H3,(H2,25,26,27);1H. The first-order valence-electron chi connectivity index (χ1n) is 12.0. The van der Waals surface area contributed by atoms with Gasteiger partial charge in [0, 0.05) is 58.0 Å². The van der Waals surface area contributed by atoms with Gasteiger partial charge in [0.2, 0.25) is 0 Å². The maximum Gasteiger partial charge on any atom is 0.191 e.